The van der Waals surface area contributed by atoms with Crippen molar-refractivity contribution in [3.63, 3.8) is 0 Å². The van der Waals surface area contributed by atoms with Gasteiger partial charge in [0, 0.05) is 11.9 Å². The van der Waals surface area contributed by atoms with Gasteiger partial charge in [0.25, 0.3) is 0 Å². The monoisotopic (exact) mass is 402 g/mol. The SMILES string of the molecule is C[C@H](c1ccccn1)N(c1ccccc1)c1nc(Cl)c(C#N)c(Cl)c1Cl. The van der Waals surface area contributed by atoms with Gasteiger partial charge in [-0.05, 0) is 31.2 Å². The van der Waals surface area contributed by atoms with Gasteiger partial charge in [-0.15, -0.1) is 0 Å². The third-order valence-corrected chi connectivity index (χ3v) is 5.00. The fourth-order valence-electron chi connectivity index (χ4n) is 2.62. The molecule has 2 heterocycles. The largest absolute Gasteiger partial charge is 0.316 e. The van der Waals surface area contributed by atoms with E-state index in [0.29, 0.717) is 5.82 Å². The molecule has 0 radical (unpaired) electrons. The van der Waals surface area contributed by atoms with Crippen molar-refractivity contribution in [1.82, 2.24) is 9.97 Å². The lowest BCUT2D eigenvalue weighted by molar-refractivity contribution is 0.735. The van der Waals surface area contributed by atoms with Gasteiger partial charge in [0.05, 0.1) is 16.8 Å². The Morgan fingerprint density at radius 2 is 1.69 bits per heavy atom. The second kappa shape index (κ2) is 7.92. The maximum atomic E-state index is 9.22. The summed E-state index contributed by atoms with van der Waals surface area (Å²) in [5.41, 5.74) is 1.73. The number of pyridine rings is 2. The third kappa shape index (κ3) is 3.47. The van der Waals surface area contributed by atoms with Gasteiger partial charge in [-0.2, -0.15) is 5.26 Å². The van der Waals surface area contributed by atoms with Gasteiger partial charge >= 0.3 is 0 Å². The van der Waals surface area contributed by atoms with E-state index in [2.05, 4.69) is 9.97 Å². The summed E-state index contributed by atoms with van der Waals surface area (Å²) in [7, 11) is 0. The highest BCUT2D eigenvalue weighted by Gasteiger charge is 2.26. The zero-order valence-corrected chi connectivity index (χ0v) is 16.0. The fraction of sp³-hybridized carbons (Fsp3) is 0.105. The Labute approximate surface area is 166 Å². The van der Waals surface area contributed by atoms with Gasteiger partial charge in [0.1, 0.15) is 16.7 Å². The summed E-state index contributed by atoms with van der Waals surface area (Å²) in [6, 6.07) is 17.0. The molecule has 7 heteroatoms. The van der Waals surface area contributed by atoms with E-state index < -0.39 is 0 Å². The Bertz CT molecular complexity index is 956. The smallest absolute Gasteiger partial charge is 0.155 e. The Balaban J connectivity index is 2.22. The average Bonchev–Trinajstić information content (AvgIpc) is 2.68. The second-order valence-corrected chi connectivity index (χ2v) is 6.59. The summed E-state index contributed by atoms with van der Waals surface area (Å²) in [4.78, 5) is 10.7. The number of halogens is 3. The highest BCUT2D eigenvalue weighted by molar-refractivity contribution is 6.45. The molecule has 26 heavy (non-hydrogen) atoms. The van der Waals surface area contributed by atoms with Crippen molar-refractivity contribution >= 4 is 46.3 Å². The molecule has 0 saturated carbocycles. The summed E-state index contributed by atoms with van der Waals surface area (Å²) >= 11 is 18.9. The van der Waals surface area contributed by atoms with E-state index in [9.17, 15) is 5.26 Å². The lowest BCUT2D eigenvalue weighted by Gasteiger charge is -2.31. The van der Waals surface area contributed by atoms with Crippen molar-refractivity contribution in [2.75, 3.05) is 4.90 Å². The molecule has 0 aliphatic carbocycles. The predicted octanol–water partition coefficient (Wildman–Crippen LogP) is 6.21. The van der Waals surface area contributed by atoms with Crippen LogP contribution in [0.25, 0.3) is 0 Å². The zero-order valence-electron chi connectivity index (χ0n) is 13.7. The summed E-state index contributed by atoms with van der Waals surface area (Å²) in [6.45, 7) is 1.98. The van der Waals surface area contributed by atoms with Gasteiger partial charge < -0.3 is 4.90 Å². The number of hydrogen-bond donors (Lipinski definition) is 0. The van der Waals surface area contributed by atoms with Crippen molar-refractivity contribution in [1.29, 1.82) is 5.26 Å². The van der Waals surface area contributed by atoms with Crippen LogP contribution in [0.3, 0.4) is 0 Å². The Morgan fingerprint density at radius 1 is 1.00 bits per heavy atom. The molecule has 0 N–H and O–H groups in total. The number of nitriles is 1. The lowest BCUT2D eigenvalue weighted by atomic mass is 10.1. The van der Waals surface area contributed by atoms with E-state index >= 15 is 0 Å². The molecule has 130 valence electrons. The number of para-hydroxylation sites is 1. The van der Waals surface area contributed by atoms with Crippen molar-refractivity contribution in [3.8, 4) is 6.07 Å². The highest BCUT2D eigenvalue weighted by atomic mass is 35.5. The molecule has 3 aromatic rings. The normalized spacial score (nSPS) is 11.7. The molecular formula is C19H13Cl3N4. The average molecular weight is 404 g/mol. The molecule has 0 aliphatic heterocycles. The number of hydrogen-bond acceptors (Lipinski definition) is 4. The molecule has 4 nitrogen and oxygen atoms in total. The number of rotatable bonds is 4. The van der Waals surface area contributed by atoms with E-state index in [1.807, 2.05) is 66.4 Å². The summed E-state index contributed by atoms with van der Waals surface area (Å²) < 4.78 is 0. The van der Waals surface area contributed by atoms with E-state index in [1.165, 1.54) is 0 Å². The van der Waals surface area contributed by atoms with Crippen LogP contribution in [0.2, 0.25) is 15.2 Å². The minimum Gasteiger partial charge on any atom is -0.316 e. The molecule has 0 amide bonds. The minimum atomic E-state index is -0.205. The Kier molecular flexibility index (Phi) is 5.63. The van der Waals surface area contributed by atoms with Crippen LogP contribution in [-0.2, 0) is 0 Å². The van der Waals surface area contributed by atoms with E-state index in [0.717, 1.165) is 11.4 Å². The first-order chi connectivity index (χ1) is 12.5. The fourth-order valence-corrected chi connectivity index (χ4v) is 3.33. The summed E-state index contributed by atoms with van der Waals surface area (Å²) in [6.07, 6.45) is 1.72. The minimum absolute atomic E-state index is 0.00560. The van der Waals surface area contributed by atoms with Crippen LogP contribution >= 0.6 is 34.8 Å². The van der Waals surface area contributed by atoms with Gasteiger partial charge in [-0.1, -0.05) is 59.1 Å². The van der Waals surface area contributed by atoms with E-state index in [4.69, 9.17) is 34.8 Å². The molecule has 0 unspecified atom stereocenters. The van der Waals surface area contributed by atoms with Crippen LogP contribution < -0.4 is 4.90 Å². The van der Waals surface area contributed by atoms with Crippen molar-refractivity contribution in [3.05, 3.63) is 81.2 Å². The van der Waals surface area contributed by atoms with Crippen LogP contribution in [0.4, 0.5) is 11.5 Å². The lowest BCUT2D eigenvalue weighted by Crippen LogP contribution is -2.24. The molecule has 0 spiro atoms. The van der Waals surface area contributed by atoms with Crippen LogP contribution in [0.15, 0.2) is 54.7 Å². The number of nitrogens with zero attached hydrogens (tertiary/aromatic N) is 4. The number of benzene rings is 1. The molecule has 0 bridgehead atoms. The van der Waals surface area contributed by atoms with Crippen LogP contribution in [-0.4, -0.2) is 9.97 Å². The van der Waals surface area contributed by atoms with Crippen LogP contribution in [0, 0.1) is 11.3 Å². The molecule has 0 fully saturated rings. The first-order valence-corrected chi connectivity index (χ1v) is 8.87. The third-order valence-electron chi connectivity index (χ3n) is 3.90. The quantitative estimate of drug-likeness (QED) is 0.486. The molecule has 3 rings (SSSR count). The first-order valence-electron chi connectivity index (χ1n) is 7.74. The predicted molar refractivity (Wildman–Crippen MR) is 105 cm³/mol. The molecule has 0 saturated heterocycles. The number of aromatic nitrogens is 2. The molecular weight excluding hydrogens is 391 g/mol. The van der Waals surface area contributed by atoms with E-state index in [-0.39, 0.29) is 26.8 Å². The zero-order chi connectivity index (χ0) is 18.7. The molecule has 2 aromatic heterocycles. The van der Waals surface area contributed by atoms with Crippen molar-refractivity contribution in [2.24, 2.45) is 0 Å². The molecule has 1 aromatic carbocycles. The topological polar surface area (TPSA) is 52.8 Å². The second-order valence-electron chi connectivity index (χ2n) is 5.48. The molecule has 0 aliphatic rings. The van der Waals surface area contributed by atoms with Crippen molar-refractivity contribution < 1.29 is 0 Å². The van der Waals surface area contributed by atoms with E-state index in [1.54, 1.807) is 6.20 Å². The van der Waals surface area contributed by atoms with Gasteiger partial charge in [0.2, 0.25) is 0 Å². The van der Waals surface area contributed by atoms with Gasteiger partial charge in [-0.3, -0.25) is 4.98 Å². The standard InChI is InChI=1S/C19H13Cl3N4/c1-12(15-9-5-6-10-24-15)26(13-7-3-2-4-8-13)19-17(21)16(20)14(11-23)18(22)25-19/h2-10,12H,1H3/t12-/m1/s1. The van der Waals surface area contributed by atoms with Gasteiger partial charge in [0.15, 0.2) is 11.0 Å². The Morgan fingerprint density at radius 3 is 2.31 bits per heavy atom. The van der Waals surface area contributed by atoms with Gasteiger partial charge in [-0.25, -0.2) is 4.98 Å². The maximum Gasteiger partial charge on any atom is 0.155 e. The summed E-state index contributed by atoms with van der Waals surface area (Å²) in [5, 5.41) is 9.47. The van der Waals surface area contributed by atoms with Crippen LogP contribution in [0.5, 0.6) is 0 Å². The molecule has 1 atom stereocenters. The summed E-state index contributed by atoms with van der Waals surface area (Å²) in [5.74, 6) is 0.366. The number of anilines is 2. The first kappa shape index (κ1) is 18.5. The highest BCUT2D eigenvalue weighted by Crippen LogP contribution is 2.42. The Hall–Kier alpha value is -2.32. The maximum absolute atomic E-state index is 9.22. The van der Waals surface area contributed by atoms with Crippen LogP contribution in [0.1, 0.15) is 24.2 Å². The van der Waals surface area contributed by atoms with Crippen molar-refractivity contribution in [2.45, 2.75) is 13.0 Å².